The van der Waals surface area contributed by atoms with Gasteiger partial charge in [0.2, 0.25) is 5.91 Å². The number of carbonyl (C=O) groups is 1. The lowest BCUT2D eigenvalue weighted by Crippen LogP contribution is -2.62. The van der Waals surface area contributed by atoms with E-state index in [1.807, 2.05) is 0 Å². The highest BCUT2D eigenvalue weighted by Crippen LogP contribution is 2.62. The van der Waals surface area contributed by atoms with Crippen LogP contribution in [-0.2, 0) is 4.79 Å². The van der Waals surface area contributed by atoms with Crippen molar-refractivity contribution in [2.45, 2.75) is 13.3 Å². The van der Waals surface area contributed by atoms with E-state index in [-0.39, 0.29) is 11.8 Å². The Bertz CT molecular complexity index is 156. The van der Waals surface area contributed by atoms with Crippen LogP contribution in [0.5, 0.6) is 0 Å². The Morgan fingerprint density at radius 2 is 2.11 bits per heavy atom. The number of hydrogen-bond donors (Lipinski definition) is 1. The molecule has 2 unspecified atom stereocenters. The van der Waals surface area contributed by atoms with Gasteiger partial charge < -0.3 is 5.73 Å². The van der Waals surface area contributed by atoms with Crippen LogP contribution in [0.25, 0.3) is 0 Å². The van der Waals surface area contributed by atoms with Crippen LogP contribution in [0, 0.1) is 23.7 Å². The highest BCUT2D eigenvalue weighted by atomic mass is 16.1. The summed E-state index contributed by atoms with van der Waals surface area (Å²) >= 11 is 0. The molecule has 2 bridgehead atoms. The zero-order valence-electron chi connectivity index (χ0n) is 5.50. The molecule has 9 heavy (non-hydrogen) atoms. The zero-order valence-corrected chi connectivity index (χ0v) is 5.50. The van der Waals surface area contributed by atoms with Gasteiger partial charge >= 0.3 is 0 Å². The molecule has 2 heteroatoms. The van der Waals surface area contributed by atoms with Crippen LogP contribution in [0.1, 0.15) is 13.3 Å². The molecule has 2 N–H and O–H groups in total. The van der Waals surface area contributed by atoms with Crippen molar-refractivity contribution in [1.82, 2.24) is 0 Å². The largest absolute Gasteiger partial charge is 0.369 e. The van der Waals surface area contributed by atoms with Crippen LogP contribution in [0.15, 0.2) is 0 Å². The van der Waals surface area contributed by atoms with E-state index in [1.54, 1.807) is 0 Å². The highest BCUT2D eigenvalue weighted by molar-refractivity contribution is 5.79. The van der Waals surface area contributed by atoms with Gasteiger partial charge in [0.1, 0.15) is 0 Å². The Morgan fingerprint density at radius 1 is 1.56 bits per heavy atom. The summed E-state index contributed by atoms with van der Waals surface area (Å²) in [5.41, 5.74) is 5.14. The first-order chi connectivity index (χ1) is 4.22. The first kappa shape index (κ1) is 5.27. The van der Waals surface area contributed by atoms with Crippen molar-refractivity contribution in [3.05, 3.63) is 0 Å². The predicted octanol–water partition coefficient (Wildman–Crippen LogP) is 0.374. The molecule has 3 rings (SSSR count). The maximum Gasteiger partial charge on any atom is 0.221 e. The van der Waals surface area contributed by atoms with Crippen molar-refractivity contribution < 1.29 is 4.79 Å². The Hall–Kier alpha value is -0.530. The van der Waals surface area contributed by atoms with Gasteiger partial charge in [0.15, 0.2) is 0 Å². The molecule has 3 saturated carbocycles. The third-order valence-electron chi connectivity index (χ3n) is 3.15. The summed E-state index contributed by atoms with van der Waals surface area (Å²) in [6, 6.07) is 0. The van der Waals surface area contributed by atoms with Crippen molar-refractivity contribution in [3.8, 4) is 0 Å². The third kappa shape index (κ3) is 0.406. The van der Waals surface area contributed by atoms with Gasteiger partial charge in [-0.15, -0.1) is 0 Å². The Morgan fingerprint density at radius 3 is 2.22 bits per heavy atom. The van der Waals surface area contributed by atoms with E-state index < -0.39 is 0 Å². The second kappa shape index (κ2) is 1.31. The maximum absolute atomic E-state index is 10.6. The quantitative estimate of drug-likeness (QED) is 0.540. The van der Waals surface area contributed by atoms with Crippen LogP contribution >= 0.6 is 0 Å². The van der Waals surface area contributed by atoms with Gasteiger partial charge in [0.05, 0.1) is 0 Å². The van der Waals surface area contributed by atoms with Gasteiger partial charge in [-0.2, -0.15) is 0 Å². The summed E-state index contributed by atoms with van der Waals surface area (Å²) in [5.74, 6) is 2.30. The molecule has 2 atom stereocenters. The summed E-state index contributed by atoms with van der Waals surface area (Å²) in [5, 5.41) is 0. The number of carbonyl (C=O) groups excluding carboxylic acids is 1. The number of hydrogen-bond acceptors (Lipinski definition) is 1. The number of rotatable bonds is 1. The summed E-state index contributed by atoms with van der Waals surface area (Å²) in [4.78, 5) is 10.6. The Labute approximate surface area is 54.4 Å². The second-order valence-electron chi connectivity index (χ2n) is 3.35. The lowest BCUT2D eigenvalue weighted by atomic mass is 9.41. The van der Waals surface area contributed by atoms with Crippen LogP contribution < -0.4 is 5.73 Å². The molecule has 0 heterocycles. The summed E-state index contributed by atoms with van der Waals surface area (Å²) in [7, 11) is 0. The van der Waals surface area contributed by atoms with E-state index in [2.05, 4.69) is 6.92 Å². The van der Waals surface area contributed by atoms with Crippen LogP contribution in [0.3, 0.4) is 0 Å². The average Bonchev–Trinajstić information content (AvgIpc) is 1.58. The number of nitrogens with two attached hydrogens (primary N) is 1. The van der Waals surface area contributed by atoms with E-state index >= 15 is 0 Å². The fourth-order valence-corrected chi connectivity index (χ4v) is 2.21. The van der Waals surface area contributed by atoms with E-state index in [0.717, 1.165) is 5.92 Å². The number of primary amides is 1. The summed E-state index contributed by atoms with van der Waals surface area (Å²) in [6.45, 7) is 2.21. The van der Waals surface area contributed by atoms with Crippen molar-refractivity contribution in [2.75, 3.05) is 0 Å². The maximum atomic E-state index is 10.6. The van der Waals surface area contributed by atoms with Gasteiger partial charge in [0.25, 0.3) is 0 Å². The molecule has 3 fully saturated rings. The minimum atomic E-state index is -0.0747. The molecule has 0 aromatic carbocycles. The Balaban J connectivity index is 2.03. The highest BCUT2D eigenvalue weighted by Gasteiger charge is 2.60. The smallest absolute Gasteiger partial charge is 0.221 e. The van der Waals surface area contributed by atoms with Gasteiger partial charge in [-0.05, 0) is 24.2 Å². The fourth-order valence-electron chi connectivity index (χ4n) is 2.21. The Kier molecular flexibility index (Phi) is 0.765. The molecule has 0 spiro atoms. The first-order valence-electron chi connectivity index (χ1n) is 3.51. The molecule has 0 aliphatic heterocycles. The number of amides is 1. The first-order valence-corrected chi connectivity index (χ1v) is 3.51. The summed E-state index contributed by atoms with van der Waals surface area (Å²) < 4.78 is 0. The van der Waals surface area contributed by atoms with E-state index in [1.165, 1.54) is 6.42 Å². The van der Waals surface area contributed by atoms with Crippen molar-refractivity contribution in [2.24, 2.45) is 29.4 Å². The van der Waals surface area contributed by atoms with Crippen molar-refractivity contribution in [3.63, 3.8) is 0 Å². The monoisotopic (exact) mass is 125 g/mol. The molecular weight excluding hydrogens is 114 g/mol. The molecule has 0 radical (unpaired) electrons. The van der Waals surface area contributed by atoms with Crippen LogP contribution in [0.4, 0.5) is 0 Å². The second-order valence-corrected chi connectivity index (χ2v) is 3.35. The lowest BCUT2D eigenvalue weighted by molar-refractivity contribution is -0.172. The molecule has 50 valence electrons. The minimum absolute atomic E-state index is 0.0747. The molecule has 0 aromatic heterocycles. The molecule has 0 saturated heterocycles. The van der Waals surface area contributed by atoms with Crippen molar-refractivity contribution in [1.29, 1.82) is 0 Å². The van der Waals surface area contributed by atoms with E-state index in [0.29, 0.717) is 11.8 Å². The fraction of sp³-hybridized carbons (Fsp3) is 0.857. The molecule has 1 amide bonds. The molecule has 3 aliphatic carbocycles. The van der Waals surface area contributed by atoms with E-state index in [9.17, 15) is 4.79 Å². The molecule has 3 aliphatic rings. The SMILES string of the molecule is CC1C2CC1C2C(N)=O. The molecular formula is C7H11NO. The lowest BCUT2D eigenvalue weighted by Gasteiger charge is -2.62. The topological polar surface area (TPSA) is 43.1 Å². The molecule has 2 nitrogen and oxygen atoms in total. The zero-order chi connectivity index (χ0) is 6.59. The normalized spacial score (nSPS) is 53.4. The van der Waals surface area contributed by atoms with Gasteiger partial charge in [-0.25, -0.2) is 0 Å². The van der Waals surface area contributed by atoms with Crippen LogP contribution in [-0.4, -0.2) is 5.91 Å². The van der Waals surface area contributed by atoms with Crippen molar-refractivity contribution >= 4 is 5.91 Å². The predicted molar refractivity (Wildman–Crippen MR) is 33.4 cm³/mol. The summed E-state index contributed by atoms with van der Waals surface area (Å²) in [6.07, 6.45) is 1.26. The average molecular weight is 125 g/mol. The van der Waals surface area contributed by atoms with Crippen LogP contribution in [0.2, 0.25) is 0 Å². The van der Waals surface area contributed by atoms with Gasteiger partial charge in [-0.1, -0.05) is 6.92 Å². The minimum Gasteiger partial charge on any atom is -0.369 e. The molecule has 0 aromatic rings. The third-order valence-corrected chi connectivity index (χ3v) is 3.15. The standard InChI is InChI=1S/C7H11NO/c1-3-4-2-5(3)6(4)7(8)9/h3-6H,2H2,1H3,(H2,8,9). The van der Waals surface area contributed by atoms with E-state index in [4.69, 9.17) is 5.73 Å². The van der Waals surface area contributed by atoms with Gasteiger partial charge in [0, 0.05) is 5.92 Å². The van der Waals surface area contributed by atoms with Gasteiger partial charge in [-0.3, -0.25) is 4.79 Å².